The van der Waals surface area contributed by atoms with Crippen molar-refractivity contribution in [3.05, 3.63) is 46.3 Å². The Morgan fingerprint density at radius 1 is 1.45 bits per heavy atom. The molecule has 4 heteroatoms. The Bertz CT molecular complexity index is 754. The van der Waals surface area contributed by atoms with Crippen molar-refractivity contribution in [1.82, 2.24) is 5.32 Å². The molecule has 2 aromatic rings. The molecule has 1 heterocycles. The van der Waals surface area contributed by atoms with Gasteiger partial charge >= 0.3 is 5.63 Å². The van der Waals surface area contributed by atoms with E-state index in [-0.39, 0.29) is 5.56 Å². The van der Waals surface area contributed by atoms with Crippen molar-refractivity contribution in [1.29, 1.82) is 0 Å². The van der Waals surface area contributed by atoms with Gasteiger partial charge < -0.3 is 9.73 Å². The standard InChI is InChI=1S/C16H15NO3/c1-4-16(3,5-2)17-14(18)12-10-11-8-6-7-9-13(11)20-15(12)19/h1,6-10H,5H2,2-3H3,(H,17,18). The SMILES string of the molecule is C#CC(C)(CC)NC(=O)c1cc2ccccc2oc1=O. The molecule has 1 unspecified atom stereocenters. The highest BCUT2D eigenvalue weighted by Gasteiger charge is 2.24. The van der Waals surface area contributed by atoms with Crippen molar-refractivity contribution >= 4 is 16.9 Å². The summed E-state index contributed by atoms with van der Waals surface area (Å²) in [5.74, 6) is 2.00. The predicted octanol–water partition coefficient (Wildman–Crippen LogP) is 2.32. The van der Waals surface area contributed by atoms with Crippen LogP contribution in [-0.2, 0) is 0 Å². The quantitative estimate of drug-likeness (QED) is 0.687. The molecule has 102 valence electrons. The fraction of sp³-hybridized carbons (Fsp3) is 0.250. The molecule has 0 fully saturated rings. The highest BCUT2D eigenvalue weighted by molar-refractivity contribution is 5.97. The number of nitrogens with one attached hydrogen (secondary N) is 1. The minimum Gasteiger partial charge on any atom is -0.422 e. The molecule has 1 amide bonds. The van der Waals surface area contributed by atoms with Gasteiger partial charge in [0.15, 0.2) is 0 Å². The number of hydrogen-bond acceptors (Lipinski definition) is 3. The number of rotatable bonds is 3. The molecule has 1 aromatic heterocycles. The van der Waals surface area contributed by atoms with Crippen LogP contribution in [0.3, 0.4) is 0 Å². The van der Waals surface area contributed by atoms with Crippen molar-refractivity contribution in [2.75, 3.05) is 0 Å². The average Bonchev–Trinajstić information content (AvgIpc) is 2.46. The fourth-order valence-corrected chi connectivity index (χ4v) is 1.76. The van der Waals surface area contributed by atoms with Crippen LogP contribution in [0.2, 0.25) is 0 Å². The summed E-state index contributed by atoms with van der Waals surface area (Å²) in [7, 11) is 0. The molecule has 0 saturated carbocycles. The van der Waals surface area contributed by atoms with Crippen LogP contribution in [0.25, 0.3) is 11.0 Å². The molecule has 0 aliphatic carbocycles. The smallest absolute Gasteiger partial charge is 0.349 e. The zero-order chi connectivity index (χ0) is 14.8. The summed E-state index contributed by atoms with van der Waals surface area (Å²) in [5, 5.41) is 3.37. The molecule has 0 aliphatic heterocycles. The highest BCUT2D eigenvalue weighted by atomic mass is 16.4. The van der Waals surface area contributed by atoms with Crippen LogP contribution in [0, 0.1) is 12.3 Å². The van der Waals surface area contributed by atoms with Gasteiger partial charge in [0.05, 0.1) is 5.54 Å². The lowest BCUT2D eigenvalue weighted by atomic mass is 9.99. The first-order valence-corrected chi connectivity index (χ1v) is 6.32. The number of fused-ring (bicyclic) bond motifs is 1. The van der Waals surface area contributed by atoms with E-state index in [1.165, 1.54) is 6.07 Å². The van der Waals surface area contributed by atoms with Crippen LogP contribution in [0.1, 0.15) is 30.6 Å². The van der Waals surface area contributed by atoms with Crippen LogP contribution in [-0.4, -0.2) is 11.4 Å². The van der Waals surface area contributed by atoms with Gasteiger partial charge in [0.25, 0.3) is 5.91 Å². The van der Waals surface area contributed by atoms with Gasteiger partial charge in [0, 0.05) is 5.39 Å². The Kier molecular flexibility index (Phi) is 3.62. The molecule has 0 radical (unpaired) electrons. The largest absolute Gasteiger partial charge is 0.422 e. The number of hydrogen-bond donors (Lipinski definition) is 1. The third-order valence-corrected chi connectivity index (χ3v) is 3.30. The summed E-state index contributed by atoms with van der Waals surface area (Å²) in [6.07, 6.45) is 5.97. The summed E-state index contributed by atoms with van der Waals surface area (Å²) in [4.78, 5) is 24.0. The monoisotopic (exact) mass is 269 g/mol. The van der Waals surface area contributed by atoms with E-state index >= 15 is 0 Å². The van der Waals surface area contributed by atoms with Crippen LogP contribution < -0.4 is 10.9 Å². The van der Waals surface area contributed by atoms with Gasteiger partial charge in [-0.05, 0) is 25.5 Å². The second-order valence-corrected chi connectivity index (χ2v) is 4.77. The molecule has 0 aliphatic rings. The molecule has 1 N–H and O–H groups in total. The molecule has 4 nitrogen and oxygen atoms in total. The molecule has 0 spiro atoms. The van der Waals surface area contributed by atoms with E-state index in [0.29, 0.717) is 17.4 Å². The van der Waals surface area contributed by atoms with E-state index < -0.39 is 17.1 Å². The average molecular weight is 269 g/mol. The van der Waals surface area contributed by atoms with E-state index in [9.17, 15) is 9.59 Å². The van der Waals surface area contributed by atoms with E-state index in [2.05, 4.69) is 11.2 Å². The highest BCUT2D eigenvalue weighted by Crippen LogP contribution is 2.14. The normalized spacial score (nSPS) is 13.4. The van der Waals surface area contributed by atoms with Crippen molar-refractivity contribution in [3.63, 3.8) is 0 Å². The minimum absolute atomic E-state index is 0.0429. The lowest BCUT2D eigenvalue weighted by Crippen LogP contribution is -2.45. The maximum Gasteiger partial charge on any atom is 0.349 e. The zero-order valence-electron chi connectivity index (χ0n) is 11.4. The van der Waals surface area contributed by atoms with Gasteiger partial charge in [-0.2, -0.15) is 0 Å². The Hall–Kier alpha value is -2.54. The third-order valence-electron chi connectivity index (χ3n) is 3.30. The van der Waals surface area contributed by atoms with Crippen molar-refractivity contribution in [3.8, 4) is 12.3 Å². The van der Waals surface area contributed by atoms with Gasteiger partial charge in [-0.25, -0.2) is 4.79 Å². The number of carbonyl (C=O) groups is 1. The minimum atomic E-state index is -0.783. The maximum atomic E-state index is 12.2. The van der Waals surface area contributed by atoms with Crippen LogP contribution >= 0.6 is 0 Å². The fourth-order valence-electron chi connectivity index (χ4n) is 1.76. The molecule has 2 rings (SSSR count). The van der Waals surface area contributed by atoms with E-state index in [4.69, 9.17) is 10.8 Å². The Morgan fingerprint density at radius 2 is 2.15 bits per heavy atom. The first kappa shape index (κ1) is 13.9. The molecular formula is C16H15NO3. The molecule has 1 aromatic carbocycles. The van der Waals surface area contributed by atoms with E-state index in [1.807, 2.05) is 13.0 Å². The van der Waals surface area contributed by atoms with Crippen LogP contribution in [0.15, 0.2) is 39.5 Å². The summed E-state index contributed by atoms with van der Waals surface area (Å²) in [6, 6.07) is 8.54. The molecule has 20 heavy (non-hydrogen) atoms. The summed E-state index contributed by atoms with van der Waals surface area (Å²) >= 11 is 0. The zero-order valence-corrected chi connectivity index (χ0v) is 11.4. The lowest BCUT2D eigenvalue weighted by Gasteiger charge is -2.23. The second-order valence-electron chi connectivity index (χ2n) is 4.77. The molecule has 0 bridgehead atoms. The number of carbonyl (C=O) groups excluding carboxylic acids is 1. The van der Waals surface area contributed by atoms with Gasteiger partial charge in [-0.15, -0.1) is 6.42 Å². The van der Waals surface area contributed by atoms with Gasteiger partial charge in [0.1, 0.15) is 11.1 Å². The molecular weight excluding hydrogens is 254 g/mol. The second kappa shape index (κ2) is 5.22. The first-order chi connectivity index (χ1) is 9.49. The Labute approximate surface area is 116 Å². The van der Waals surface area contributed by atoms with Crippen molar-refractivity contribution in [2.45, 2.75) is 25.8 Å². The van der Waals surface area contributed by atoms with E-state index in [1.54, 1.807) is 25.1 Å². The number of terminal acetylenes is 1. The van der Waals surface area contributed by atoms with Crippen molar-refractivity contribution < 1.29 is 9.21 Å². The van der Waals surface area contributed by atoms with Crippen LogP contribution in [0.5, 0.6) is 0 Å². The molecule has 0 saturated heterocycles. The Balaban J connectivity index is 2.43. The maximum absolute atomic E-state index is 12.2. The predicted molar refractivity (Wildman–Crippen MR) is 77.5 cm³/mol. The lowest BCUT2D eigenvalue weighted by molar-refractivity contribution is 0.0920. The number of benzene rings is 1. The van der Waals surface area contributed by atoms with Crippen molar-refractivity contribution in [2.24, 2.45) is 0 Å². The first-order valence-electron chi connectivity index (χ1n) is 6.32. The number of para-hydroxylation sites is 1. The summed E-state index contributed by atoms with van der Waals surface area (Å²) in [6.45, 7) is 3.59. The summed E-state index contributed by atoms with van der Waals surface area (Å²) in [5.41, 5.74) is -1.05. The number of amides is 1. The Morgan fingerprint density at radius 3 is 2.80 bits per heavy atom. The van der Waals surface area contributed by atoms with E-state index in [0.717, 1.165) is 0 Å². The van der Waals surface area contributed by atoms with Gasteiger partial charge in [0.2, 0.25) is 0 Å². The molecule has 1 atom stereocenters. The third kappa shape index (κ3) is 2.57. The van der Waals surface area contributed by atoms with Crippen LogP contribution in [0.4, 0.5) is 0 Å². The van der Waals surface area contributed by atoms with Gasteiger partial charge in [-0.3, -0.25) is 4.79 Å². The summed E-state index contributed by atoms with van der Waals surface area (Å²) < 4.78 is 5.13. The topological polar surface area (TPSA) is 59.3 Å². The van der Waals surface area contributed by atoms with Gasteiger partial charge in [-0.1, -0.05) is 31.0 Å².